The first-order valence-electron chi connectivity index (χ1n) is 29.0. The third kappa shape index (κ3) is 51.0. The number of rotatable bonds is 51. The fourth-order valence-electron chi connectivity index (χ4n) is 8.34. The van der Waals surface area contributed by atoms with Crippen molar-refractivity contribution in [1.29, 1.82) is 0 Å². The quantitative estimate of drug-likeness (QED) is 0.0244. The summed E-state index contributed by atoms with van der Waals surface area (Å²) in [6.07, 6.45) is 74.9. The van der Waals surface area contributed by atoms with Gasteiger partial charge in [-0.25, -0.2) is 0 Å². The summed E-state index contributed by atoms with van der Waals surface area (Å²) in [6, 6.07) is -0.743. The fraction of sp³-hybridized carbons (Fsp3) is 0.714. The highest BCUT2D eigenvalue weighted by atomic mass is 16.5. The summed E-state index contributed by atoms with van der Waals surface area (Å²) in [4.78, 5) is 26.2. The lowest BCUT2D eigenvalue weighted by atomic mass is 10.0. The molecule has 0 heterocycles. The number of hydrogen-bond donors (Lipinski definition) is 3. The molecular formula is C63H109NO5. The summed E-state index contributed by atoms with van der Waals surface area (Å²) < 4.78 is 5.88. The monoisotopic (exact) mass is 960 g/mol. The van der Waals surface area contributed by atoms with Gasteiger partial charge in [-0.2, -0.15) is 0 Å². The van der Waals surface area contributed by atoms with Gasteiger partial charge in [0.05, 0.1) is 25.2 Å². The molecule has 6 nitrogen and oxygen atoms in total. The SMILES string of the molecule is CC/C=C\C/C=C\C/C=C\C/C=C\C/C=C\CC(CC(=O)NC(CO)C(O)CCCCCCCCCCCCCCCCCCC)OC(=O)CCCCCCC/C=C/C=C/C=C/CCCCCCC. The lowest BCUT2D eigenvalue weighted by Crippen LogP contribution is -2.46. The smallest absolute Gasteiger partial charge is 0.306 e. The predicted molar refractivity (Wildman–Crippen MR) is 300 cm³/mol. The van der Waals surface area contributed by atoms with Crippen LogP contribution in [0, 0.1) is 0 Å². The molecule has 0 aliphatic carbocycles. The summed E-state index contributed by atoms with van der Waals surface area (Å²) >= 11 is 0. The van der Waals surface area contributed by atoms with Crippen LogP contribution >= 0.6 is 0 Å². The van der Waals surface area contributed by atoms with E-state index in [4.69, 9.17) is 4.74 Å². The minimum Gasteiger partial charge on any atom is -0.461 e. The second-order valence-electron chi connectivity index (χ2n) is 19.4. The molecule has 3 atom stereocenters. The molecule has 0 radical (unpaired) electrons. The molecule has 0 aromatic carbocycles. The van der Waals surface area contributed by atoms with Gasteiger partial charge in [-0.05, 0) is 70.6 Å². The third-order valence-electron chi connectivity index (χ3n) is 12.7. The van der Waals surface area contributed by atoms with E-state index in [1.54, 1.807) is 0 Å². The van der Waals surface area contributed by atoms with Crippen molar-refractivity contribution < 1.29 is 24.5 Å². The Balaban J connectivity index is 4.69. The van der Waals surface area contributed by atoms with Crippen LogP contribution in [-0.2, 0) is 14.3 Å². The maximum Gasteiger partial charge on any atom is 0.306 e. The molecular weight excluding hydrogens is 851 g/mol. The van der Waals surface area contributed by atoms with E-state index in [0.717, 1.165) is 96.3 Å². The van der Waals surface area contributed by atoms with Gasteiger partial charge in [0.25, 0.3) is 0 Å². The molecule has 0 spiro atoms. The van der Waals surface area contributed by atoms with Crippen molar-refractivity contribution in [3.63, 3.8) is 0 Å². The van der Waals surface area contributed by atoms with Crippen LogP contribution in [0.2, 0.25) is 0 Å². The number of unbranched alkanes of at least 4 members (excludes halogenated alkanes) is 26. The highest BCUT2D eigenvalue weighted by Gasteiger charge is 2.23. The molecule has 69 heavy (non-hydrogen) atoms. The van der Waals surface area contributed by atoms with Crippen LogP contribution in [0.5, 0.6) is 0 Å². The molecule has 3 unspecified atom stereocenters. The number of amides is 1. The van der Waals surface area contributed by atoms with Crippen molar-refractivity contribution in [2.24, 2.45) is 0 Å². The van der Waals surface area contributed by atoms with E-state index in [1.807, 2.05) is 12.2 Å². The van der Waals surface area contributed by atoms with Gasteiger partial charge < -0.3 is 20.3 Å². The van der Waals surface area contributed by atoms with Gasteiger partial charge in [-0.3, -0.25) is 9.59 Å². The average Bonchev–Trinajstić information content (AvgIpc) is 3.34. The second kappa shape index (κ2) is 55.7. The summed E-state index contributed by atoms with van der Waals surface area (Å²) in [5.41, 5.74) is 0. The summed E-state index contributed by atoms with van der Waals surface area (Å²) in [5, 5.41) is 23.9. The van der Waals surface area contributed by atoms with Crippen molar-refractivity contribution in [2.45, 2.75) is 283 Å². The number of allylic oxidation sites excluding steroid dienone is 15. The Labute approximate surface area is 426 Å². The third-order valence-corrected chi connectivity index (χ3v) is 12.7. The molecule has 0 saturated heterocycles. The van der Waals surface area contributed by atoms with Crippen molar-refractivity contribution in [2.75, 3.05) is 6.61 Å². The van der Waals surface area contributed by atoms with Crippen LogP contribution < -0.4 is 5.32 Å². The van der Waals surface area contributed by atoms with E-state index in [2.05, 4.69) is 111 Å². The molecule has 0 bridgehead atoms. The first-order valence-corrected chi connectivity index (χ1v) is 29.0. The van der Waals surface area contributed by atoms with Crippen molar-refractivity contribution in [3.8, 4) is 0 Å². The lowest BCUT2D eigenvalue weighted by Gasteiger charge is -2.24. The molecule has 0 aliphatic heterocycles. The second-order valence-corrected chi connectivity index (χ2v) is 19.4. The number of aliphatic hydroxyl groups is 2. The Kier molecular flexibility index (Phi) is 53.1. The van der Waals surface area contributed by atoms with Crippen molar-refractivity contribution in [3.05, 3.63) is 97.2 Å². The normalized spacial score (nSPS) is 13.9. The summed E-state index contributed by atoms with van der Waals surface area (Å²) in [7, 11) is 0. The first kappa shape index (κ1) is 65.8. The average molecular weight is 961 g/mol. The van der Waals surface area contributed by atoms with Crippen LogP contribution in [0.25, 0.3) is 0 Å². The van der Waals surface area contributed by atoms with E-state index in [-0.39, 0.29) is 24.9 Å². The predicted octanol–water partition coefficient (Wildman–Crippen LogP) is 18.1. The molecule has 0 aliphatic rings. The fourth-order valence-corrected chi connectivity index (χ4v) is 8.34. The Hall–Kier alpha value is -3.22. The first-order chi connectivity index (χ1) is 34.0. The zero-order chi connectivity index (χ0) is 50.2. The lowest BCUT2D eigenvalue weighted by molar-refractivity contribution is -0.150. The Bertz CT molecular complexity index is 1350. The number of hydrogen-bond acceptors (Lipinski definition) is 5. The van der Waals surface area contributed by atoms with Gasteiger partial charge in [0, 0.05) is 12.8 Å². The molecule has 0 rings (SSSR count). The number of carbonyl (C=O) groups is 2. The van der Waals surface area contributed by atoms with E-state index in [0.29, 0.717) is 19.3 Å². The van der Waals surface area contributed by atoms with Gasteiger partial charge in [-0.1, -0.05) is 272 Å². The zero-order valence-corrected chi connectivity index (χ0v) is 45.2. The summed E-state index contributed by atoms with van der Waals surface area (Å²) in [6.45, 7) is 6.34. The van der Waals surface area contributed by atoms with E-state index < -0.39 is 18.2 Å². The Morgan fingerprint density at radius 1 is 0.464 bits per heavy atom. The standard InChI is InChI=1S/C63H109NO5/c1-4-7-10-13-16-19-22-25-28-30-32-35-38-41-44-47-50-53-56-63(68)69-59(54-51-48-45-42-39-36-33-27-24-21-18-15-12-9-6-3)57-62(67)64-60(58-65)61(66)55-52-49-46-43-40-37-34-31-29-26-23-20-17-14-11-8-5-2/h9,12,18,21-22,25,27-28,30,32-33,35,39,42,48,51,59-61,65-66H,4-8,10-11,13-17,19-20,23-24,26,29,31,34,36-38,40-41,43-47,49-50,52-58H2,1-3H3,(H,64,67)/b12-9-,21-18-,25-22+,30-28+,33-27-,35-32+,42-39-,51-48-. The molecule has 3 N–H and O–H groups in total. The number of nitrogens with one attached hydrogen (secondary N) is 1. The van der Waals surface area contributed by atoms with Gasteiger partial charge in [-0.15, -0.1) is 0 Å². The van der Waals surface area contributed by atoms with Crippen molar-refractivity contribution in [1.82, 2.24) is 5.32 Å². The number of carbonyl (C=O) groups excluding carboxylic acids is 2. The van der Waals surface area contributed by atoms with Crippen LogP contribution in [0.3, 0.4) is 0 Å². The maximum absolute atomic E-state index is 13.3. The molecule has 0 aromatic rings. The van der Waals surface area contributed by atoms with Crippen LogP contribution in [0.1, 0.15) is 265 Å². The van der Waals surface area contributed by atoms with Crippen molar-refractivity contribution >= 4 is 11.9 Å². The Morgan fingerprint density at radius 2 is 0.855 bits per heavy atom. The van der Waals surface area contributed by atoms with E-state index in [1.165, 1.54) is 122 Å². The molecule has 0 aromatic heterocycles. The Morgan fingerprint density at radius 3 is 1.29 bits per heavy atom. The molecule has 0 fully saturated rings. The van der Waals surface area contributed by atoms with E-state index >= 15 is 0 Å². The van der Waals surface area contributed by atoms with Gasteiger partial charge in [0.2, 0.25) is 5.91 Å². The maximum atomic E-state index is 13.3. The summed E-state index contributed by atoms with van der Waals surface area (Å²) in [5.74, 6) is -0.604. The highest BCUT2D eigenvalue weighted by molar-refractivity contribution is 5.77. The van der Waals surface area contributed by atoms with Crippen LogP contribution in [0.4, 0.5) is 0 Å². The molecule has 0 saturated carbocycles. The van der Waals surface area contributed by atoms with E-state index in [9.17, 15) is 19.8 Å². The topological polar surface area (TPSA) is 95.9 Å². The number of aliphatic hydroxyl groups excluding tert-OH is 2. The molecule has 1 amide bonds. The van der Waals surface area contributed by atoms with Gasteiger partial charge in [0.1, 0.15) is 6.10 Å². The highest BCUT2D eigenvalue weighted by Crippen LogP contribution is 2.17. The minimum absolute atomic E-state index is 0.0134. The number of esters is 1. The molecule has 396 valence electrons. The van der Waals surface area contributed by atoms with Crippen LogP contribution in [-0.4, -0.2) is 46.9 Å². The van der Waals surface area contributed by atoms with Crippen LogP contribution in [0.15, 0.2) is 97.2 Å². The van der Waals surface area contributed by atoms with Gasteiger partial charge in [0.15, 0.2) is 0 Å². The number of ether oxygens (including phenoxy) is 1. The zero-order valence-electron chi connectivity index (χ0n) is 45.2. The largest absolute Gasteiger partial charge is 0.461 e. The minimum atomic E-state index is -0.822. The molecule has 6 heteroatoms. The van der Waals surface area contributed by atoms with Gasteiger partial charge >= 0.3 is 5.97 Å².